The number of carbonyl (C=O) groups excluding carboxylic acids is 1. The summed E-state index contributed by atoms with van der Waals surface area (Å²) in [5.74, 6) is 0.458. The van der Waals surface area contributed by atoms with Crippen LogP contribution in [0, 0.1) is 3.57 Å². The van der Waals surface area contributed by atoms with Crippen molar-refractivity contribution in [2.24, 2.45) is 0 Å². The molecule has 0 aromatic carbocycles. The molecule has 0 aliphatic carbocycles. The number of aromatic nitrogens is 2. The zero-order chi connectivity index (χ0) is 16.5. The van der Waals surface area contributed by atoms with E-state index >= 15 is 0 Å². The molecule has 1 aliphatic rings. The van der Waals surface area contributed by atoms with E-state index in [1.165, 1.54) is 4.90 Å². The number of ether oxygens (including phenoxy) is 1. The lowest BCUT2D eigenvalue weighted by Gasteiger charge is -2.24. The molecule has 1 aromatic rings. The number of hydrogen-bond acceptors (Lipinski definition) is 5. The SMILES string of the molecule is CC(C)(C)OC(=O)N1C[C@H](F)[C@H](Nc2nc(Cl)ncc2I)C1. The van der Waals surface area contributed by atoms with E-state index in [1.54, 1.807) is 27.0 Å². The van der Waals surface area contributed by atoms with Gasteiger partial charge in [-0.15, -0.1) is 0 Å². The molecular weight excluding hydrogens is 426 g/mol. The maximum Gasteiger partial charge on any atom is 0.410 e. The molecule has 0 bridgehead atoms. The Labute approximate surface area is 146 Å². The molecule has 2 rings (SSSR count). The Balaban J connectivity index is 2.02. The Morgan fingerprint density at radius 1 is 1.55 bits per heavy atom. The van der Waals surface area contributed by atoms with Crippen LogP contribution in [0.1, 0.15) is 20.8 Å². The van der Waals surface area contributed by atoms with Crippen LogP contribution in [0.15, 0.2) is 6.20 Å². The average molecular weight is 443 g/mol. The van der Waals surface area contributed by atoms with Gasteiger partial charge >= 0.3 is 6.09 Å². The van der Waals surface area contributed by atoms with Crippen LogP contribution in [0.4, 0.5) is 15.0 Å². The highest BCUT2D eigenvalue weighted by Gasteiger charge is 2.37. The molecule has 0 radical (unpaired) electrons. The number of halogens is 3. The molecule has 1 amide bonds. The molecule has 1 aliphatic heterocycles. The highest BCUT2D eigenvalue weighted by atomic mass is 127. The van der Waals surface area contributed by atoms with Crippen molar-refractivity contribution in [1.29, 1.82) is 0 Å². The van der Waals surface area contributed by atoms with Crippen molar-refractivity contribution in [1.82, 2.24) is 14.9 Å². The minimum Gasteiger partial charge on any atom is -0.444 e. The number of amides is 1. The fourth-order valence-corrected chi connectivity index (χ4v) is 2.55. The predicted octanol–water partition coefficient (Wildman–Crippen LogP) is 3.10. The van der Waals surface area contributed by atoms with E-state index in [9.17, 15) is 9.18 Å². The Morgan fingerprint density at radius 2 is 2.23 bits per heavy atom. The van der Waals surface area contributed by atoms with E-state index in [2.05, 4.69) is 15.3 Å². The summed E-state index contributed by atoms with van der Waals surface area (Å²) in [6.45, 7) is 5.51. The Bertz CT molecular complexity index is 569. The lowest BCUT2D eigenvalue weighted by atomic mass is 10.2. The normalized spacial score (nSPS) is 21.8. The number of nitrogens with zero attached hydrogens (tertiary/aromatic N) is 3. The van der Waals surface area contributed by atoms with E-state index in [4.69, 9.17) is 16.3 Å². The maximum atomic E-state index is 14.2. The summed E-state index contributed by atoms with van der Waals surface area (Å²) in [7, 11) is 0. The average Bonchev–Trinajstić information content (AvgIpc) is 2.74. The van der Waals surface area contributed by atoms with Gasteiger partial charge in [-0.25, -0.2) is 14.2 Å². The van der Waals surface area contributed by atoms with E-state index in [1.807, 2.05) is 22.6 Å². The maximum absolute atomic E-state index is 14.2. The molecule has 0 unspecified atom stereocenters. The molecule has 1 saturated heterocycles. The van der Waals surface area contributed by atoms with Crippen molar-refractivity contribution in [3.05, 3.63) is 15.1 Å². The van der Waals surface area contributed by atoms with Gasteiger partial charge in [0, 0.05) is 12.7 Å². The third-order valence-electron chi connectivity index (χ3n) is 2.94. The van der Waals surface area contributed by atoms with Gasteiger partial charge in [0.25, 0.3) is 0 Å². The minimum atomic E-state index is -1.21. The van der Waals surface area contributed by atoms with Crippen LogP contribution < -0.4 is 5.32 Å². The molecule has 6 nitrogen and oxygen atoms in total. The van der Waals surface area contributed by atoms with Gasteiger partial charge in [0.05, 0.1) is 16.2 Å². The topological polar surface area (TPSA) is 67.3 Å². The van der Waals surface area contributed by atoms with Crippen LogP contribution in [-0.4, -0.2) is 51.9 Å². The van der Waals surface area contributed by atoms with E-state index in [0.717, 1.165) is 3.57 Å². The van der Waals surface area contributed by atoms with Crippen molar-refractivity contribution in [3.63, 3.8) is 0 Å². The van der Waals surface area contributed by atoms with Crippen molar-refractivity contribution in [2.45, 2.75) is 38.6 Å². The first-order valence-electron chi connectivity index (χ1n) is 6.72. The van der Waals surface area contributed by atoms with E-state index in [-0.39, 0.29) is 18.4 Å². The fourth-order valence-electron chi connectivity index (χ4n) is 2.00. The van der Waals surface area contributed by atoms with Crippen LogP contribution in [0.5, 0.6) is 0 Å². The highest BCUT2D eigenvalue weighted by molar-refractivity contribution is 14.1. The Morgan fingerprint density at radius 3 is 2.86 bits per heavy atom. The zero-order valence-corrected chi connectivity index (χ0v) is 15.4. The third-order valence-corrected chi connectivity index (χ3v) is 3.91. The number of rotatable bonds is 2. The fraction of sp³-hybridized carbons (Fsp3) is 0.615. The highest BCUT2D eigenvalue weighted by Crippen LogP contribution is 2.23. The van der Waals surface area contributed by atoms with Gasteiger partial charge in [-0.2, -0.15) is 4.98 Å². The van der Waals surface area contributed by atoms with Gasteiger partial charge in [-0.3, -0.25) is 0 Å². The number of anilines is 1. The monoisotopic (exact) mass is 442 g/mol. The summed E-state index contributed by atoms with van der Waals surface area (Å²) >= 11 is 7.78. The summed E-state index contributed by atoms with van der Waals surface area (Å²) in [6.07, 6.45) is -0.182. The lowest BCUT2D eigenvalue weighted by molar-refractivity contribution is 0.0283. The molecule has 2 heterocycles. The first kappa shape index (κ1) is 17.5. The Kier molecular flexibility index (Phi) is 5.31. The van der Waals surface area contributed by atoms with Gasteiger partial charge in [0.1, 0.15) is 17.6 Å². The van der Waals surface area contributed by atoms with Crippen molar-refractivity contribution in [2.75, 3.05) is 18.4 Å². The van der Waals surface area contributed by atoms with Crippen molar-refractivity contribution < 1.29 is 13.9 Å². The van der Waals surface area contributed by atoms with Crippen LogP contribution in [0.2, 0.25) is 5.28 Å². The minimum absolute atomic E-state index is 0.0119. The summed E-state index contributed by atoms with van der Waals surface area (Å²) < 4.78 is 20.1. The van der Waals surface area contributed by atoms with E-state index in [0.29, 0.717) is 5.82 Å². The summed E-state index contributed by atoms with van der Waals surface area (Å²) in [5, 5.41) is 3.06. The van der Waals surface area contributed by atoms with Crippen LogP contribution in [0.25, 0.3) is 0 Å². The molecule has 22 heavy (non-hydrogen) atoms. The summed E-state index contributed by atoms with van der Waals surface area (Å²) in [5.41, 5.74) is -0.607. The number of likely N-dealkylation sites (tertiary alicyclic amines) is 1. The second-order valence-electron chi connectivity index (χ2n) is 5.99. The molecule has 1 N–H and O–H groups in total. The molecule has 1 aromatic heterocycles. The molecule has 0 saturated carbocycles. The number of nitrogens with one attached hydrogen (secondary N) is 1. The summed E-state index contributed by atoms with van der Waals surface area (Å²) in [6, 6.07) is -0.563. The third kappa shape index (κ3) is 4.55. The molecule has 2 atom stereocenters. The molecule has 9 heteroatoms. The summed E-state index contributed by atoms with van der Waals surface area (Å²) in [4.78, 5) is 21.2. The second-order valence-corrected chi connectivity index (χ2v) is 7.49. The van der Waals surface area contributed by atoms with Gasteiger partial charge in [-0.1, -0.05) is 0 Å². The first-order valence-corrected chi connectivity index (χ1v) is 8.18. The molecule has 122 valence electrons. The molecular formula is C13H17ClFIN4O2. The number of hydrogen-bond donors (Lipinski definition) is 1. The predicted molar refractivity (Wildman–Crippen MR) is 89.9 cm³/mol. The second kappa shape index (κ2) is 6.69. The van der Waals surface area contributed by atoms with Gasteiger partial charge in [-0.05, 0) is 55.0 Å². The van der Waals surface area contributed by atoms with Gasteiger partial charge in [0.15, 0.2) is 0 Å². The molecule has 0 spiro atoms. The number of alkyl halides is 1. The number of carbonyl (C=O) groups is 1. The van der Waals surface area contributed by atoms with Crippen LogP contribution in [-0.2, 0) is 4.74 Å². The van der Waals surface area contributed by atoms with Gasteiger partial charge in [0.2, 0.25) is 5.28 Å². The van der Waals surface area contributed by atoms with Gasteiger partial charge < -0.3 is 15.0 Å². The van der Waals surface area contributed by atoms with E-state index < -0.39 is 23.9 Å². The largest absolute Gasteiger partial charge is 0.444 e. The smallest absolute Gasteiger partial charge is 0.410 e. The van der Waals surface area contributed by atoms with Crippen LogP contribution in [0.3, 0.4) is 0 Å². The Hall–Kier alpha value is -0.900. The van der Waals surface area contributed by atoms with Crippen molar-refractivity contribution >= 4 is 46.1 Å². The standard InChI is InChI=1S/C13H17ClFIN4O2/c1-13(2,3)22-12(21)20-5-7(15)9(6-20)18-10-8(16)4-17-11(14)19-10/h4,7,9H,5-6H2,1-3H3,(H,17,18,19)/t7-,9+/m0/s1. The molecule has 1 fully saturated rings. The first-order chi connectivity index (χ1) is 10.2. The lowest BCUT2D eigenvalue weighted by Crippen LogP contribution is -2.36. The van der Waals surface area contributed by atoms with Crippen LogP contribution >= 0.6 is 34.2 Å². The zero-order valence-electron chi connectivity index (χ0n) is 12.4. The quantitative estimate of drug-likeness (QED) is 0.563. The van der Waals surface area contributed by atoms with Crippen molar-refractivity contribution in [3.8, 4) is 0 Å².